The van der Waals surface area contributed by atoms with Crippen LogP contribution in [-0.4, -0.2) is 39.6 Å². The number of carboxylic acids is 1. The van der Waals surface area contributed by atoms with Gasteiger partial charge in [0.25, 0.3) is 0 Å². The fourth-order valence-electron chi connectivity index (χ4n) is 2.98. The second-order valence-electron chi connectivity index (χ2n) is 7.09. The summed E-state index contributed by atoms with van der Waals surface area (Å²) >= 11 is 0. The Labute approximate surface area is 127 Å². The van der Waals surface area contributed by atoms with E-state index in [1.54, 1.807) is 11.0 Å². The van der Waals surface area contributed by atoms with E-state index in [9.17, 15) is 14.7 Å². The van der Waals surface area contributed by atoms with E-state index in [2.05, 4.69) is 11.9 Å². The van der Waals surface area contributed by atoms with Gasteiger partial charge in [-0.05, 0) is 39.5 Å². The molecule has 0 heterocycles. The largest absolute Gasteiger partial charge is 0.480 e. The van der Waals surface area contributed by atoms with E-state index in [0.29, 0.717) is 25.3 Å². The minimum Gasteiger partial charge on any atom is -0.480 e. The minimum atomic E-state index is -1.14. The Hall–Kier alpha value is -1.52. The van der Waals surface area contributed by atoms with Crippen molar-refractivity contribution in [2.24, 2.45) is 5.92 Å². The molecule has 0 radical (unpaired) electrons. The van der Waals surface area contributed by atoms with Gasteiger partial charge in [-0.2, -0.15) is 0 Å². The first-order chi connectivity index (χ1) is 9.62. The van der Waals surface area contributed by atoms with Gasteiger partial charge >= 0.3 is 12.0 Å². The molecule has 1 aliphatic carbocycles. The average molecular weight is 296 g/mol. The summed E-state index contributed by atoms with van der Waals surface area (Å²) in [7, 11) is 0. The van der Waals surface area contributed by atoms with Crippen LogP contribution < -0.4 is 5.32 Å². The molecule has 21 heavy (non-hydrogen) atoms. The average Bonchev–Trinajstić information content (AvgIpc) is 2.34. The lowest BCUT2D eigenvalue weighted by atomic mass is 9.76. The van der Waals surface area contributed by atoms with Crippen LogP contribution in [0.15, 0.2) is 12.7 Å². The van der Waals surface area contributed by atoms with Crippen LogP contribution >= 0.6 is 0 Å². The topological polar surface area (TPSA) is 69.6 Å². The van der Waals surface area contributed by atoms with Gasteiger partial charge in [0, 0.05) is 12.1 Å². The highest BCUT2D eigenvalue weighted by Crippen LogP contribution is 2.33. The summed E-state index contributed by atoms with van der Waals surface area (Å²) < 4.78 is 0. The van der Waals surface area contributed by atoms with E-state index in [4.69, 9.17) is 0 Å². The van der Waals surface area contributed by atoms with E-state index >= 15 is 0 Å². The molecule has 120 valence electrons. The fraction of sp³-hybridized carbons (Fsp3) is 0.750. The molecule has 1 saturated carbocycles. The molecule has 1 rings (SSSR count). The molecule has 0 aromatic heterocycles. The van der Waals surface area contributed by atoms with Crippen molar-refractivity contribution in [3.63, 3.8) is 0 Å². The van der Waals surface area contributed by atoms with Gasteiger partial charge in [0.1, 0.15) is 5.54 Å². The number of nitrogens with zero attached hydrogens (tertiary/aromatic N) is 1. The number of carboxylic acid groups (broad SMARTS) is 1. The molecule has 0 saturated heterocycles. The zero-order valence-electron chi connectivity index (χ0n) is 13.6. The van der Waals surface area contributed by atoms with Gasteiger partial charge in [-0.25, -0.2) is 9.59 Å². The third-order valence-corrected chi connectivity index (χ3v) is 4.12. The molecule has 0 bridgehead atoms. The first-order valence-electron chi connectivity index (χ1n) is 7.56. The summed E-state index contributed by atoms with van der Waals surface area (Å²) in [5.41, 5.74) is -1.53. The smallest absolute Gasteiger partial charge is 0.329 e. The normalized spacial score (nSPS) is 26.0. The Morgan fingerprint density at radius 1 is 1.48 bits per heavy atom. The maximum Gasteiger partial charge on any atom is 0.329 e. The molecule has 0 aliphatic heterocycles. The summed E-state index contributed by atoms with van der Waals surface area (Å²) in [6.07, 6.45) is 4.47. The Bertz CT molecular complexity index is 414. The number of aliphatic carboxylic acids is 1. The van der Waals surface area contributed by atoms with Crippen molar-refractivity contribution in [2.45, 2.75) is 64.5 Å². The molecule has 5 heteroatoms. The minimum absolute atomic E-state index is 0.303. The molecule has 2 atom stereocenters. The SMILES string of the molecule is C=CCN(C(=O)NC1(C(=O)O)CCCC(C)C1)C(C)(C)C. The lowest BCUT2D eigenvalue weighted by Crippen LogP contribution is -2.62. The van der Waals surface area contributed by atoms with Crippen LogP contribution in [0.1, 0.15) is 53.4 Å². The van der Waals surface area contributed by atoms with Gasteiger partial charge < -0.3 is 15.3 Å². The van der Waals surface area contributed by atoms with Crippen molar-refractivity contribution < 1.29 is 14.7 Å². The third-order valence-electron chi connectivity index (χ3n) is 4.12. The van der Waals surface area contributed by atoms with Crippen LogP contribution in [0.3, 0.4) is 0 Å². The van der Waals surface area contributed by atoms with Crippen LogP contribution in [-0.2, 0) is 4.79 Å². The van der Waals surface area contributed by atoms with Crippen molar-refractivity contribution in [1.29, 1.82) is 0 Å². The number of rotatable bonds is 4. The highest BCUT2D eigenvalue weighted by atomic mass is 16.4. The first-order valence-corrected chi connectivity index (χ1v) is 7.56. The van der Waals surface area contributed by atoms with Crippen LogP contribution in [0.5, 0.6) is 0 Å². The summed E-state index contributed by atoms with van der Waals surface area (Å²) in [5, 5.41) is 12.4. The van der Waals surface area contributed by atoms with Crippen molar-refractivity contribution in [1.82, 2.24) is 10.2 Å². The maximum atomic E-state index is 12.6. The van der Waals surface area contributed by atoms with E-state index < -0.39 is 17.0 Å². The standard InChI is InChI=1S/C16H28N2O3/c1-6-10-18(15(3,4)5)14(21)17-16(13(19)20)9-7-8-12(2)11-16/h6,12H,1,7-11H2,2-5H3,(H,17,21)(H,19,20). The van der Waals surface area contributed by atoms with Crippen LogP contribution in [0.2, 0.25) is 0 Å². The quantitative estimate of drug-likeness (QED) is 0.783. The Balaban J connectivity index is 2.95. The summed E-state index contributed by atoms with van der Waals surface area (Å²) in [4.78, 5) is 25.9. The summed E-state index contributed by atoms with van der Waals surface area (Å²) in [6, 6.07) is -0.334. The van der Waals surface area contributed by atoms with Gasteiger partial charge in [0.15, 0.2) is 0 Å². The summed E-state index contributed by atoms with van der Waals surface area (Å²) in [5.74, 6) is -0.632. The second kappa shape index (κ2) is 6.50. The van der Waals surface area contributed by atoms with Crippen LogP contribution in [0.25, 0.3) is 0 Å². The summed E-state index contributed by atoms with van der Waals surface area (Å²) in [6.45, 7) is 11.9. The fourth-order valence-corrected chi connectivity index (χ4v) is 2.98. The van der Waals surface area contributed by atoms with Gasteiger partial charge in [-0.1, -0.05) is 25.8 Å². The molecule has 2 amide bonds. The van der Waals surface area contributed by atoms with Gasteiger partial charge in [-0.3, -0.25) is 0 Å². The number of nitrogens with one attached hydrogen (secondary N) is 1. The van der Waals surface area contributed by atoms with E-state index in [0.717, 1.165) is 12.8 Å². The molecule has 0 aromatic carbocycles. The monoisotopic (exact) mass is 296 g/mol. The van der Waals surface area contributed by atoms with Crippen LogP contribution in [0.4, 0.5) is 4.79 Å². The molecule has 2 unspecified atom stereocenters. The van der Waals surface area contributed by atoms with E-state index in [1.165, 1.54) is 0 Å². The molecular weight excluding hydrogens is 268 g/mol. The molecule has 0 aromatic rings. The Morgan fingerprint density at radius 2 is 2.10 bits per heavy atom. The molecule has 2 N–H and O–H groups in total. The zero-order valence-corrected chi connectivity index (χ0v) is 13.6. The van der Waals surface area contributed by atoms with Crippen molar-refractivity contribution in [3.05, 3.63) is 12.7 Å². The molecule has 0 spiro atoms. The highest BCUT2D eigenvalue weighted by Gasteiger charge is 2.44. The third kappa shape index (κ3) is 4.22. The maximum absolute atomic E-state index is 12.6. The molecule has 5 nitrogen and oxygen atoms in total. The van der Waals surface area contributed by atoms with E-state index in [1.807, 2.05) is 27.7 Å². The lowest BCUT2D eigenvalue weighted by molar-refractivity contribution is -0.146. The predicted molar refractivity (Wildman–Crippen MR) is 83.2 cm³/mol. The van der Waals surface area contributed by atoms with Gasteiger partial charge in [0.05, 0.1) is 0 Å². The Morgan fingerprint density at radius 3 is 2.52 bits per heavy atom. The van der Waals surface area contributed by atoms with Gasteiger partial charge in [0.2, 0.25) is 0 Å². The van der Waals surface area contributed by atoms with Crippen molar-refractivity contribution >= 4 is 12.0 Å². The number of carbonyl (C=O) groups is 2. The number of amides is 2. The lowest BCUT2D eigenvalue weighted by Gasteiger charge is -2.41. The number of urea groups is 1. The van der Waals surface area contributed by atoms with E-state index in [-0.39, 0.29) is 6.03 Å². The molecular formula is C16H28N2O3. The Kier molecular flexibility index (Phi) is 5.42. The van der Waals surface area contributed by atoms with Crippen LogP contribution in [0, 0.1) is 5.92 Å². The van der Waals surface area contributed by atoms with Crippen molar-refractivity contribution in [3.8, 4) is 0 Å². The highest BCUT2D eigenvalue weighted by molar-refractivity contribution is 5.86. The molecule has 1 aliphatic rings. The molecule has 1 fully saturated rings. The zero-order chi connectivity index (χ0) is 16.3. The predicted octanol–water partition coefficient (Wildman–Crippen LogP) is 3.02. The van der Waals surface area contributed by atoms with Gasteiger partial charge in [-0.15, -0.1) is 6.58 Å². The second-order valence-corrected chi connectivity index (χ2v) is 7.09. The first kappa shape index (κ1) is 17.5. The number of hydrogen-bond acceptors (Lipinski definition) is 2. The number of hydrogen-bond donors (Lipinski definition) is 2. The van der Waals surface area contributed by atoms with Crippen molar-refractivity contribution in [2.75, 3.05) is 6.54 Å². The number of carbonyl (C=O) groups excluding carboxylic acids is 1.